The third-order valence-corrected chi connectivity index (χ3v) is 3.03. The van der Waals surface area contributed by atoms with Crippen molar-refractivity contribution in [3.63, 3.8) is 0 Å². The van der Waals surface area contributed by atoms with Crippen molar-refractivity contribution in [3.8, 4) is 11.8 Å². The van der Waals surface area contributed by atoms with E-state index < -0.39 is 5.97 Å². The Morgan fingerprint density at radius 2 is 1.71 bits per heavy atom. The van der Waals surface area contributed by atoms with E-state index in [0.29, 0.717) is 22.8 Å². The van der Waals surface area contributed by atoms with Crippen LogP contribution in [0.4, 0.5) is 0 Å². The Morgan fingerprint density at radius 1 is 1.10 bits per heavy atom. The molecule has 0 bridgehead atoms. The average Bonchev–Trinajstić information content (AvgIpc) is 2.49. The molecular weight excluding hydrogens is 262 g/mol. The fraction of sp³-hybridized carbons (Fsp3) is 0.222. The van der Waals surface area contributed by atoms with Crippen LogP contribution in [-0.2, 0) is 6.42 Å². The summed E-state index contributed by atoms with van der Waals surface area (Å²) in [5.74, 6) is 0.699. The minimum absolute atomic E-state index is 0.420. The molecule has 3 nitrogen and oxygen atoms in total. The highest BCUT2D eigenvalue weighted by atomic mass is 16.5. The second kappa shape index (κ2) is 6.71. The molecule has 2 rings (SSSR count). The zero-order chi connectivity index (χ0) is 15.2. The van der Waals surface area contributed by atoms with Gasteiger partial charge in [0.05, 0.1) is 17.2 Å². The monoisotopic (exact) mass is 279 g/mol. The van der Waals surface area contributed by atoms with Gasteiger partial charge in [0.1, 0.15) is 5.75 Å². The predicted molar refractivity (Wildman–Crippen MR) is 81.1 cm³/mol. The van der Waals surface area contributed by atoms with Crippen molar-refractivity contribution in [2.75, 3.05) is 0 Å². The first-order chi connectivity index (χ1) is 10.1. The average molecular weight is 279 g/mol. The maximum absolute atomic E-state index is 12.0. The second-order valence-corrected chi connectivity index (χ2v) is 5.32. The molecule has 0 aromatic heterocycles. The fourth-order valence-corrected chi connectivity index (χ4v) is 2.01. The highest BCUT2D eigenvalue weighted by Crippen LogP contribution is 2.16. The molecule has 0 unspecified atom stereocenters. The van der Waals surface area contributed by atoms with Crippen molar-refractivity contribution in [3.05, 3.63) is 65.2 Å². The molecule has 0 spiro atoms. The number of nitrogens with zero attached hydrogens (tertiary/aromatic N) is 1. The van der Waals surface area contributed by atoms with Crippen LogP contribution in [0.3, 0.4) is 0 Å². The van der Waals surface area contributed by atoms with Gasteiger partial charge in [-0.05, 0) is 54.3 Å². The van der Waals surface area contributed by atoms with Crippen LogP contribution in [0.25, 0.3) is 0 Å². The van der Waals surface area contributed by atoms with E-state index in [-0.39, 0.29) is 0 Å². The number of benzene rings is 2. The van der Waals surface area contributed by atoms with Gasteiger partial charge in [0, 0.05) is 0 Å². The van der Waals surface area contributed by atoms with Crippen LogP contribution >= 0.6 is 0 Å². The lowest BCUT2D eigenvalue weighted by Crippen LogP contribution is -2.08. The summed E-state index contributed by atoms with van der Waals surface area (Å²) in [6.07, 6.45) is 1.00. The summed E-state index contributed by atoms with van der Waals surface area (Å²) in [6.45, 7) is 4.33. The van der Waals surface area contributed by atoms with Crippen LogP contribution < -0.4 is 4.74 Å². The van der Waals surface area contributed by atoms with Gasteiger partial charge in [-0.2, -0.15) is 5.26 Å². The normalized spacial score (nSPS) is 10.2. The van der Waals surface area contributed by atoms with Crippen LogP contribution in [0.2, 0.25) is 0 Å². The maximum atomic E-state index is 12.0. The smallest absolute Gasteiger partial charge is 0.343 e. The molecule has 0 aliphatic carbocycles. The molecule has 0 saturated carbocycles. The van der Waals surface area contributed by atoms with E-state index >= 15 is 0 Å². The molecule has 2 aromatic carbocycles. The fourth-order valence-electron chi connectivity index (χ4n) is 2.01. The number of carbonyl (C=O) groups excluding carboxylic acids is 1. The van der Waals surface area contributed by atoms with Crippen LogP contribution in [0.1, 0.15) is 35.3 Å². The third-order valence-electron chi connectivity index (χ3n) is 3.03. The molecule has 0 amide bonds. The topological polar surface area (TPSA) is 50.1 Å². The van der Waals surface area contributed by atoms with Crippen molar-refractivity contribution in [2.24, 2.45) is 5.92 Å². The van der Waals surface area contributed by atoms with E-state index in [1.807, 2.05) is 18.2 Å². The molecule has 0 radical (unpaired) electrons. The molecule has 106 valence electrons. The number of nitriles is 1. The molecule has 0 aliphatic rings. The molecular formula is C18H17NO2. The lowest BCUT2D eigenvalue weighted by atomic mass is 10.0. The summed E-state index contributed by atoms with van der Waals surface area (Å²) in [4.78, 5) is 12.0. The van der Waals surface area contributed by atoms with Gasteiger partial charge in [-0.25, -0.2) is 4.79 Å². The van der Waals surface area contributed by atoms with Gasteiger partial charge < -0.3 is 4.74 Å². The Labute approximate surface area is 124 Å². The van der Waals surface area contributed by atoms with Gasteiger partial charge in [-0.1, -0.05) is 26.0 Å². The highest BCUT2D eigenvalue weighted by molar-refractivity contribution is 5.91. The maximum Gasteiger partial charge on any atom is 0.343 e. The molecule has 0 fully saturated rings. The van der Waals surface area contributed by atoms with E-state index in [9.17, 15) is 4.79 Å². The lowest BCUT2D eigenvalue weighted by Gasteiger charge is -2.07. The molecule has 2 aromatic rings. The van der Waals surface area contributed by atoms with Crippen LogP contribution in [0.5, 0.6) is 5.75 Å². The molecule has 0 heterocycles. The molecule has 0 saturated heterocycles. The van der Waals surface area contributed by atoms with E-state index in [1.165, 1.54) is 5.56 Å². The quantitative estimate of drug-likeness (QED) is 0.628. The Bertz CT molecular complexity index is 649. The van der Waals surface area contributed by atoms with Gasteiger partial charge in [-0.15, -0.1) is 0 Å². The highest BCUT2D eigenvalue weighted by Gasteiger charge is 2.08. The van der Waals surface area contributed by atoms with Crippen LogP contribution in [0.15, 0.2) is 48.5 Å². The van der Waals surface area contributed by atoms with Gasteiger partial charge in [-0.3, -0.25) is 0 Å². The SMILES string of the molecule is CC(C)Cc1ccc(OC(=O)c2ccc(C#N)cc2)cc1. The van der Waals surface area contributed by atoms with Crippen LogP contribution in [0, 0.1) is 17.2 Å². The van der Waals surface area contributed by atoms with Crippen molar-refractivity contribution >= 4 is 5.97 Å². The summed E-state index contributed by atoms with van der Waals surface area (Å²) in [5.41, 5.74) is 2.17. The van der Waals surface area contributed by atoms with Gasteiger partial charge in [0.25, 0.3) is 0 Å². The zero-order valence-electron chi connectivity index (χ0n) is 12.2. The second-order valence-electron chi connectivity index (χ2n) is 5.32. The summed E-state index contributed by atoms with van der Waals surface area (Å²) in [6, 6.07) is 16.0. The Morgan fingerprint density at radius 3 is 2.24 bits per heavy atom. The van der Waals surface area contributed by atoms with Crippen molar-refractivity contribution in [1.29, 1.82) is 5.26 Å². The van der Waals surface area contributed by atoms with Crippen LogP contribution in [-0.4, -0.2) is 5.97 Å². The minimum Gasteiger partial charge on any atom is -0.423 e. The first-order valence-electron chi connectivity index (χ1n) is 6.90. The van der Waals surface area contributed by atoms with E-state index in [1.54, 1.807) is 36.4 Å². The Balaban J connectivity index is 2.03. The van der Waals surface area contributed by atoms with Crippen molar-refractivity contribution < 1.29 is 9.53 Å². The number of esters is 1. The Kier molecular flexibility index (Phi) is 4.73. The van der Waals surface area contributed by atoms with E-state index in [2.05, 4.69) is 13.8 Å². The molecule has 0 aliphatic heterocycles. The summed E-state index contributed by atoms with van der Waals surface area (Å²) < 4.78 is 5.31. The molecule has 0 N–H and O–H groups in total. The van der Waals surface area contributed by atoms with Gasteiger partial charge in [0.15, 0.2) is 0 Å². The van der Waals surface area contributed by atoms with Crippen molar-refractivity contribution in [2.45, 2.75) is 20.3 Å². The summed E-state index contributed by atoms with van der Waals surface area (Å²) in [5, 5.41) is 8.72. The number of carbonyl (C=O) groups is 1. The summed E-state index contributed by atoms with van der Waals surface area (Å²) >= 11 is 0. The molecule has 21 heavy (non-hydrogen) atoms. The predicted octanol–water partition coefficient (Wildman–Crippen LogP) is 3.98. The number of hydrogen-bond donors (Lipinski definition) is 0. The van der Waals surface area contributed by atoms with Gasteiger partial charge in [0.2, 0.25) is 0 Å². The summed E-state index contributed by atoms with van der Waals surface area (Å²) in [7, 11) is 0. The van der Waals surface area contributed by atoms with Gasteiger partial charge >= 0.3 is 5.97 Å². The van der Waals surface area contributed by atoms with E-state index in [0.717, 1.165) is 6.42 Å². The Hall–Kier alpha value is -2.60. The third kappa shape index (κ3) is 4.19. The largest absolute Gasteiger partial charge is 0.423 e. The molecule has 3 heteroatoms. The minimum atomic E-state index is -0.420. The number of hydrogen-bond acceptors (Lipinski definition) is 3. The first-order valence-corrected chi connectivity index (χ1v) is 6.90. The van der Waals surface area contributed by atoms with E-state index in [4.69, 9.17) is 10.00 Å². The van der Waals surface area contributed by atoms with Crippen molar-refractivity contribution in [1.82, 2.24) is 0 Å². The first kappa shape index (κ1) is 14.8. The number of ether oxygens (including phenoxy) is 1. The standard InChI is InChI=1S/C18H17NO2/c1-13(2)11-14-5-9-17(10-6-14)21-18(20)16-7-3-15(12-19)4-8-16/h3-10,13H,11H2,1-2H3. The number of rotatable bonds is 4. The zero-order valence-corrected chi connectivity index (χ0v) is 12.2. The molecule has 0 atom stereocenters. The lowest BCUT2D eigenvalue weighted by molar-refractivity contribution is 0.0734.